The van der Waals surface area contributed by atoms with Crippen LogP contribution in [-0.4, -0.2) is 82.5 Å². The summed E-state index contributed by atoms with van der Waals surface area (Å²) < 4.78 is 0. The highest BCUT2D eigenvalue weighted by Crippen LogP contribution is 2.19. The Bertz CT molecular complexity index is 1460. The number of guanidine groups is 1. The van der Waals surface area contributed by atoms with E-state index in [1.165, 1.54) is 11.8 Å². The van der Waals surface area contributed by atoms with E-state index in [2.05, 4.69) is 25.9 Å². The lowest BCUT2D eigenvalue weighted by Crippen LogP contribution is -2.57. The number of benzene rings is 2. The number of H-pyrrole nitrogens is 1. The number of para-hydroxylation sites is 1. The third-order valence-corrected chi connectivity index (χ3v) is 7.81. The smallest absolute Gasteiger partial charge is 0.326 e. The summed E-state index contributed by atoms with van der Waals surface area (Å²) in [6.45, 7) is 0.215. The normalized spacial score (nSPS) is 13.6. The molecule has 0 aliphatic carbocycles. The first-order valence-corrected chi connectivity index (χ1v) is 16.0. The van der Waals surface area contributed by atoms with Crippen molar-refractivity contribution in [2.45, 2.75) is 56.3 Å². The third kappa shape index (κ3) is 11.1. The number of carboxylic acids is 1. The van der Waals surface area contributed by atoms with Crippen LogP contribution in [0.25, 0.3) is 10.9 Å². The lowest BCUT2D eigenvalue weighted by Gasteiger charge is -2.25. The van der Waals surface area contributed by atoms with Crippen molar-refractivity contribution >= 4 is 52.3 Å². The van der Waals surface area contributed by atoms with Gasteiger partial charge in [0.05, 0.1) is 6.04 Å². The van der Waals surface area contributed by atoms with Crippen molar-refractivity contribution in [3.63, 3.8) is 0 Å². The molecule has 3 amide bonds. The number of thioether (sulfide) groups is 1. The molecule has 3 aromatic rings. The predicted molar refractivity (Wildman–Crippen MR) is 176 cm³/mol. The second-order valence-electron chi connectivity index (χ2n) is 10.6. The number of nitrogens with zero attached hydrogens (tertiary/aromatic N) is 1. The van der Waals surface area contributed by atoms with Gasteiger partial charge in [-0.15, -0.1) is 0 Å². The van der Waals surface area contributed by atoms with Crippen molar-refractivity contribution in [3.05, 3.63) is 71.9 Å². The van der Waals surface area contributed by atoms with Gasteiger partial charge in [0.1, 0.15) is 18.1 Å². The molecule has 14 heteroatoms. The molecule has 13 nitrogen and oxygen atoms in total. The molecule has 0 spiro atoms. The molecule has 1 heterocycles. The molecule has 4 unspecified atom stereocenters. The van der Waals surface area contributed by atoms with Crippen molar-refractivity contribution in [2.75, 3.05) is 18.6 Å². The summed E-state index contributed by atoms with van der Waals surface area (Å²) in [5, 5.41) is 18.6. The highest BCUT2D eigenvalue weighted by molar-refractivity contribution is 7.98. The number of carbonyl (C=O) groups excluding carboxylic acids is 3. The van der Waals surface area contributed by atoms with Crippen LogP contribution >= 0.6 is 11.8 Å². The highest BCUT2D eigenvalue weighted by atomic mass is 32.2. The molecule has 3 rings (SSSR count). The number of aliphatic imine (C=N–C) groups is 1. The molecule has 1 aromatic heterocycles. The van der Waals surface area contributed by atoms with Crippen LogP contribution in [-0.2, 0) is 32.0 Å². The number of hydrogen-bond acceptors (Lipinski definition) is 7. The van der Waals surface area contributed by atoms with E-state index < -0.39 is 47.9 Å². The molecule has 2 aromatic carbocycles. The standard InChI is InChI=1S/C31H42N8O5S/c1-45-15-13-25(30(43)44)38-29(42)26(16-19-8-3-2-4-9-19)39-28(41)24(12-7-14-35-31(33)34)37-27(40)22(32)17-20-18-36-23-11-6-5-10-21(20)23/h2-6,8-11,18,22,24-26,36H,7,12-17,32H2,1H3,(H,37,40)(H,38,42)(H,39,41)(H,43,44)(H4,33,34,35). The first-order valence-electron chi connectivity index (χ1n) is 14.6. The Morgan fingerprint density at radius 1 is 0.867 bits per heavy atom. The summed E-state index contributed by atoms with van der Waals surface area (Å²) in [5.74, 6) is -2.57. The maximum Gasteiger partial charge on any atom is 0.326 e. The number of amides is 3. The van der Waals surface area contributed by atoms with Crippen molar-refractivity contribution in [1.29, 1.82) is 0 Å². The van der Waals surface area contributed by atoms with Crippen LogP contribution in [0.5, 0.6) is 0 Å². The molecule has 242 valence electrons. The van der Waals surface area contributed by atoms with Gasteiger partial charge in [0, 0.05) is 30.1 Å². The fraction of sp³-hybridized carbons (Fsp3) is 0.387. The minimum absolute atomic E-state index is 0.0992. The highest BCUT2D eigenvalue weighted by Gasteiger charge is 2.30. The van der Waals surface area contributed by atoms with Gasteiger partial charge in [0.25, 0.3) is 0 Å². The van der Waals surface area contributed by atoms with Gasteiger partial charge in [0.15, 0.2) is 5.96 Å². The first-order chi connectivity index (χ1) is 21.6. The summed E-state index contributed by atoms with van der Waals surface area (Å²) in [5.41, 5.74) is 19.7. The average molecular weight is 639 g/mol. The Labute approximate surface area is 266 Å². The summed E-state index contributed by atoms with van der Waals surface area (Å²) in [6.07, 6.45) is 4.68. The number of rotatable bonds is 18. The minimum atomic E-state index is -1.17. The zero-order valence-electron chi connectivity index (χ0n) is 25.2. The molecule has 4 atom stereocenters. The maximum atomic E-state index is 13.7. The molecule has 11 N–H and O–H groups in total. The van der Waals surface area contributed by atoms with Crippen LogP contribution in [0.4, 0.5) is 0 Å². The van der Waals surface area contributed by atoms with Gasteiger partial charge in [-0.1, -0.05) is 48.5 Å². The maximum absolute atomic E-state index is 13.7. The number of carboxylic acid groups (broad SMARTS) is 1. The van der Waals surface area contributed by atoms with E-state index in [9.17, 15) is 24.3 Å². The number of aliphatic carboxylic acids is 1. The molecule has 0 fully saturated rings. The van der Waals surface area contributed by atoms with Crippen LogP contribution in [0.2, 0.25) is 0 Å². The van der Waals surface area contributed by atoms with Crippen LogP contribution in [0, 0.1) is 0 Å². The topological polar surface area (TPSA) is 231 Å². The summed E-state index contributed by atoms with van der Waals surface area (Å²) in [6, 6.07) is 12.4. The monoisotopic (exact) mass is 638 g/mol. The Morgan fingerprint density at radius 2 is 1.51 bits per heavy atom. The average Bonchev–Trinajstić information content (AvgIpc) is 3.42. The molecular weight excluding hydrogens is 596 g/mol. The van der Waals surface area contributed by atoms with Gasteiger partial charge >= 0.3 is 5.97 Å². The molecular formula is C31H42N8O5S. The molecule has 0 bridgehead atoms. The van der Waals surface area contributed by atoms with Crippen molar-refractivity contribution in [2.24, 2.45) is 22.2 Å². The number of carbonyl (C=O) groups is 4. The number of fused-ring (bicyclic) bond motifs is 1. The molecule has 0 radical (unpaired) electrons. The first kappa shape index (κ1) is 34.9. The van der Waals surface area contributed by atoms with Gasteiger partial charge in [0.2, 0.25) is 17.7 Å². The number of hydrogen-bond donors (Lipinski definition) is 8. The molecule has 0 saturated heterocycles. The Kier molecular flexibility index (Phi) is 13.7. The Morgan fingerprint density at radius 3 is 2.20 bits per heavy atom. The van der Waals surface area contributed by atoms with E-state index in [0.717, 1.165) is 22.0 Å². The van der Waals surface area contributed by atoms with E-state index in [1.54, 1.807) is 30.5 Å². The van der Waals surface area contributed by atoms with E-state index in [0.29, 0.717) is 12.2 Å². The summed E-state index contributed by atoms with van der Waals surface area (Å²) in [4.78, 5) is 59.2. The van der Waals surface area contributed by atoms with Crippen LogP contribution in [0.1, 0.15) is 30.4 Å². The summed E-state index contributed by atoms with van der Waals surface area (Å²) >= 11 is 1.46. The number of nitrogens with one attached hydrogen (secondary N) is 4. The third-order valence-electron chi connectivity index (χ3n) is 7.17. The SMILES string of the molecule is CSCCC(NC(=O)C(Cc1ccccc1)NC(=O)C(CCCN=C(N)N)NC(=O)C(N)Cc1c[nH]c2ccccc12)C(=O)O. The fourth-order valence-corrected chi connectivity index (χ4v) is 5.25. The van der Waals surface area contributed by atoms with E-state index in [1.807, 2.05) is 36.6 Å². The molecule has 45 heavy (non-hydrogen) atoms. The Balaban J connectivity index is 1.78. The van der Waals surface area contributed by atoms with E-state index in [4.69, 9.17) is 17.2 Å². The lowest BCUT2D eigenvalue weighted by atomic mass is 10.0. The largest absolute Gasteiger partial charge is 0.480 e. The van der Waals surface area contributed by atoms with Crippen molar-refractivity contribution in [1.82, 2.24) is 20.9 Å². The zero-order chi connectivity index (χ0) is 32.8. The van der Waals surface area contributed by atoms with Gasteiger partial charge in [-0.05, 0) is 54.9 Å². The number of aromatic nitrogens is 1. The van der Waals surface area contributed by atoms with Gasteiger partial charge < -0.3 is 43.2 Å². The van der Waals surface area contributed by atoms with Gasteiger partial charge in [-0.2, -0.15) is 11.8 Å². The van der Waals surface area contributed by atoms with E-state index >= 15 is 0 Å². The van der Waals surface area contributed by atoms with Gasteiger partial charge in [-0.3, -0.25) is 19.4 Å². The van der Waals surface area contributed by atoms with Crippen LogP contribution < -0.4 is 33.2 Å². The summed E-state index contributed by atoms with van der Waals surface area (Å²) in [7, 11) is 0. The quantitative estimate of drug-likeness (QED) is 0.0554. The molecule has 0 saturated carbocycles. The molecule has 0 aliphatic rings. The zero-order valence-corrected chi connectivity index (χ0v) is 26.0. The van der Waals surface area contributed by atoms with Crippen LogP contribution in [0.15, 0.2) is 65.8 Å². The number of nitrogens with two attached hydrogens (primary N) is 3. The fourth-order valence-electron chi connectivity index (χ4n) is 4.78. The second-order valence-corrected chi connectivity index (χ2v) is 11.6. The van der Waals surface area contributed by atoms with Gasteiger partial charge in [-0.25, -0.2) is 4.79 Å². The minimum Gasteiger partial charge on any atom is -0.480 e. The van der Waals surface area contributed by atoms with Crippen molar-refractivity contribution < 1.29 is 24.3 Å². The van der Waals surface area contributed by atoms with Crippen LogP contribution in [0.3, 0.4) is 0 Å². The second kappa shape index (κ2) is 17.7. The lowest BCUT2D eigenvalue weighted by molar-refractivity contribution is -0.142. The van der Waals surface area contributed by atoms with Crippen molar-refractivity contribution in [3.8, 4) is 0 Å². The predicted octanol–water partition coefficient (Wildman–Crippen LogP) is 0.626. The number of aromatic amines is 1. The molecule has 0 aliphatic heterocycles. The Hall–Kier alpha value is -4.56. The van der Waals surface area contributed by atoms with E-state index in [-0.39, 0.29) is 38.2 Å².